The predicted octanol–water partition coefficient (Wildman–Crippen LogP) is 3.63. The number of nitrogens with zero attached hydrogens (tertiary/aromatic N) is 1. The van der Waals surface area contributed by atoms with Crippen molar-refractivity contribution in [2.75, 3.05) is 11.9 Å². The molecule has 5 nitrogen and oxygen atoms in total. The fraction of sp³-hybridized carbons (Fsp3) is 0.571. The van der Waals surface area contributed by atoms with Crippen molar-refractivity contribution < 1.29 is 10.0 Å². The molecule has 0 heterocycles. The van der Waals surface area contributed by atoms with Crippen molar-refractivity contribution in [3.63, 3.8) is 0 Å². The molecule has 20 heavy (non-hydrogen) atoms. The molecule has 1 saturated carbocycles. The number of benzene rings is 1. The average Bonchev–Trinajstić information content (AvgIpc) is 2.42. The van der Waals surface area contributed by atoms with Crippen molar-refractivity contribution in [1.82, 2.24) is 0 Å². The lowest BCUT2D eigenvalue weighted by atomic mass is 9.85. The first-order valence-corrected chi connectivity index (χ1v) is 7.64. The highest BCUT2D eigenvalue weighted by Crippen LogP contribution is 2.34. The zero-order chi connectivity index (χ0) is 14.7. The molecule has 1 aliphatic rings. The Bertz CT molecular complexity index is 507. The van der Waals surface area contributed by atoms with Crippen LogP contribution in [-0.4, -0.2) is 22.7 Å². The molecular formula is C14H19BrN2O3. The summed E-state index contributed by atoms with van der Waals surface area (Å²) in [6.45, 7) is 1.92. The van der Waals surface area contributed by atoms with E-state index in [1.165, 1.54) is 6.07 Å². The van der Waals surface area contributed by atoms with Crippen molar-refractivity contribution in [2.45, 2.75) is 38.6 Å². The van der Waals surface area contributed by atoms with Gasteiger partial charge in [0.15, 0.2) is 0 Å². The highest BCUT2D eigenvalue weighted by atomic mass is 79.9. The third kappa shape index (κ3) is 3.30. The second-order valence-electron chi connectivity index (χ2n) is 5.35. The van der Waals surface area contributed by atoms with Gasteiger partial charge in [-0.05, 0) is 41.8 Å². The molecule has 2 N–H and O–H groups in total. The largest absolute Gasteiger partial charge is 0.396 e. The van der Waals surface area contributed by atoms with E-state index in [2.05, 4.69) is 21.2 Å². The van der Waals surface area contributed by atoms with Crippen LogP contribution in [-0.2, 0) is 0 Å². The topological polar surface area (TPSA) is 75.4 Å². The summed E-state index contributed by atoms with van der Waals surface area (Å²) in [5, 5.41) is 23.8. The van der Waals surface area contributed by atoms with E-state index in [1.807, 2.05) is 0 Å². The van der Waals surface area contributed by atoms with Gasteiger partial charge in [0.25, 0.3) is 5.69 Å². The van der Waals surface area contributed by atoms with Crippen LogP contribution in [0.15, 0.2) is 16.6 Å². The van der Waals surface area contributed by atoms with Gasteiger partial charge in [-0.3, -0.25) is 10.1 Å². The number of halogens is 1. The molecule has 6 heteroatoms. The SMILES string of the molecule is Cc1cc(NC2CCCCC2CO)c(Br)cc1[N+](=O)[O-]. The van der Waals surface area contributed by atoms with E-state index < -0.39 is 0 Å². The van der Waals surface area contributed by atoms with Gasteiger partial charge in [0.1, 0.15) is 0 Å². The maximum Gasteiger partial charge on any atom is 0.273 e. The molecule has 2 unspecified atom stereocenters. The van der Waals surface area contributed by atoms with Crippen molar-refractivity contribution in [3.8, 4) is 0 Å². The highest BCUT2D eigenvalue weighted by molar-refractivity contribution is 9.10. The normalized spacial score (nSPS) is 22.6. The number of nitrogens with one attached hydrogen (secondary N) is 1. The average molecular weight is 343 g/mol. The molecule has 0 spiro atoms. The van der Waals surface area contributed by atoms with Crippen LogP contribution >= 0.6 is 15.9 Å². The van der Waals surface area contributed by atoms with Gasteiger partial charge < -0.3 is 10.4 Å². The highest BCUT2D eigenvalue weighted by Gasteiger charge is 2.25. The minimum atomic E-state index is -0.374. The third-order valence-electron chi connectivity index (χ3n) is 3.97. The Morgan fingerprint density at radius 2 is 2.15 bits per heavy atom. The lowest BCUT2D eigenvalue weighted by Gasteiger charge is -2.32. The summed E-state index contributed by atoms with van der Waals surface area (Å²) in [5.41, 5.74) is 1.61. The number of aryl methyl sites for hydroxylation is 1. The number of hydrogen-bond acceptors (Lipinski definition) is 4. The van der Waals surface area contributed by atoms with Gasteiger partial charge in [0, 0.05) is 40.4 Å². The summed E-state index contributed by atoms with van der Waals surface area (Å²) < 4.78 is 0.692. The molecular weight excluding hydrogens is 324 g/mol. The second kappa shape index (κ2) is 6.54. The molecule has 1 aromatic carbocycles. The molecule has 1 aromatic rings. The van der Waals surface area contributed by atoms with Gasteiger partial charge in [-0.1, -0.05) is 12.8 Å². The molecule has 0 aliphatic heterocycles. The molecule has 0 amide bonds. The van der Waals surface area contributed by atoms with Crippen LogP contribution in [0.2, 0.25) is 0 Å². The Hall–Kier alpha value is -1.14. The van der Waals surface area contributed by atoms with Gasteiger partial charge in [0.05, 0.1) is 4.92 Å². The van der Waals surface area contributed by atoms with Gasteiger partial charge in [-0.25, -0.2) is 0 Å². The van der Waals surface area contributed by atoms with E-state index >= 15 is 0 Å². The second-order valence-corrected chi connectivity index (χ2v) is 6.21. The first kappa shape index (κ1) is 15.3. The summed E-state index contributed by atoms with van der Waals surface area (Å²) in [7, 11) is 0. The molecule has 2 rings (SSSR count). The standard InChI is InChI=1S/C14H19BrN2O3/c1-9-6-13(11(15)7-14(9)17(19)20)16-12-5-3-2-4-10(12)8-18/h6-7,10,12,16,18H,2-5,8H2,1H3. The van der Waals surface area contributed by atoms with E-state index in [0.29, 0.717) is 10.0 Å². The number of nitro groups is 1. The van der Waals surface area contributed by atoms with E-state index in [-0.39, 0.29) is 29.2 Å². The van der Waals surface area contributed by atoms with Crippen molar-refractivity contribution in [2.24, 2.45) is 5.92 Å². The molecule has 0 bridgehead atoms. The van der Waals surface area contributed by atoms with E-state index in [4.69, 9.17) is 0 Å². The van der Waals surface area contributed by atoms with Crippen molar-refractivity contribution in [3.05, 3.63) is 32.3 Å². The van der Waals surface area contributed by atoms with Crippen LogP contribution in [0.5, 0.6) is 0 Å². The maximum absolute atomic E-state index is 10.9. The Balaban J connectivity index is 2.20. The molecule has 110 valence electrons. The molecule has 2 atom stereocenters. The molecule has 0 radical (unpaired) electrons. The van der Waals surface area contributed by atoms with Crippen LogP contribution in [0.3, 0.4) is 0 Å². The molecule has 1 aliphatic carbocycles. The summed E-state index contributed by atoms with van der Waals surface area (Å²) in [4.78, 5) is 10.5. The van der Waals surface area contributed by atoms with Crippen LogP contribution in [0.4, 0.5) is 11.4 Å². The van der Waals surface area contributed by atoms with E-state index in [9.17, 15) is 15.2 Å². The first-order chi connectivity index (χ1) is 9.52. The monoisotopic (exact) mass is 342 g/mol. The number of nitro benzene ring substituents is 1. The third-order valence-corrected chi connectivity index (χ3v) is 4.62. The van der Waals surface area contributed by atoms with Gasteiger partial charge in [-0.2, -0.15) is 0 Å². The van der Waals surface area contributed by atoms with Gasteiger partial charge in [-0.15, -0.1) is 0 Å². The van der Waals surface area contributed by atoms with Gasteiger partial charge >= 0.3 is 0 Å². The number of anilines is 1. The van der Waals surface area contributed by atoms with Crippen molar-refractivity contribution in [1.29, 1.82) is 0 Å². The zero-order valence-electron chi connectivity index (χ0n) is 11.4. The minimum Gasteiger partial charge on any atom is -0.396 e. The first-order valence-electron chi connectivity index (χ1n) is 6.85. The number of rotatable bonds is 4. The minimum absolute atomic E-state index is 0.116. The van der Waals surface area contributed by atoms with Crippen LogP contribution in [0.25, 0.3) is 0 Å². The molecule has 1 fully saturated rings. The summed E-state index contributed by atoms with van der Waals surface area (Å²) >= 11 is 3.39. The van der Waals surface area contributed by atoms with Crippen LogP contribution in [0, 0.1) is 23.0 Å². The smallest absolute Gasteiger partial charge is 0.273 e. The number of aliphatic hydroxyl groups is 1. The van der Waals surface area contributed by atoms with E-state index in [1.54, 1.807) is 13.0 Å². The molecule has 0 aromatic heterocycles. The molecule has 0 saturated heterocycles. The fourth-order valence-electron chi connectivity index (χ4n) is 2.79. The Morgan fingerprint density at radius 1 is 1.45 bits per heavy atom. The Labute approximate surface area is 126 Å². The number of hydrogen-bond donors (Lipinski definition) is 2. The van der Waals surface area contributed by atoms with Crippen molar-refractivity contribution >= 4 is 27.3 Å². The number of aliphatic hydroxyl groups excluding tert-OH is 1. The predicted molar refractivity (Wildman–Crippen MR) is 82.0 cm³/mol. The fourth-order valence-corrected chi connectivity index (χ4v) is 3.24. The summed E-state index contributed by atoms with van der Waals surface area (Å²) in [5.74, 6) is 0.256. The Morgan fingerprint density at radius 3 is 2.80 bits per heavy atom. The quantitative estimate of drug-likeness (QED) is 0.647. The Kier molecular flexibility index (Phi) is 4.99. The lowest BCUT2D eigenvalue weighted by molar-refractivity contribution is -0.385. The lowest BCUT2D eigenvalue weighted by Crippen LogP contribution is -2.34. The van der Waals surface area contributed by atoms with E-state index in [0.717, 1.165) is 31.4 Å². The summed E-state index contributed by atoms with van der Waals surface area (Å²) in [6.07, 6.45) is 4.35. The van der Waals surface area contributed by atoms with Gasteiger partial charge in [0.2, 0.25) is 0 Å². The van der Waals surface area contributed by atoms with Crippen LogP contribution < -0.4 is 5.32 Å². The summed E-state index contributed by atoms with van der Waals surface area (Å²) in [6, 6.07) is 3.56. The maximum atomic E-state index is 10.9. The zero-order valence-corrected chi connectivity index (χ0v) is 13.0. The van der Waals surface area contributed by atoms with Crippen LogP contribution in [0.1, 0.15) is 31.2 Å².